The lowest BCUT2D eigenvalue weighted by atomic mass is 9.90. The Bertz CT molecular complexity index is 130. The zero-order chi connectivity index (χ0) is 6.91. The van der Waals surface area contributed by atoms with Gasteiger partial charge in [0.15, 0.2) is 0 Å². The van der Waals surface area contributed by atoms with Crippen LogP contribution in [0.4, 0.5) is 0 Å². The van der Waals surface area contributed by atoms with Gasteiger partial charge in [-0.2, -0.15) is 0 Å². The van der Waals surface area contributed by atoms with Crippen LogP contribution < -0.4 is 16.8 Å². The standard InChI is InChI=1S/C5H11N3O/c6-4(9)1-5(7)2-8-3-5/h8H,1-3,7H2,(H2,6,9). The van der Waals surface area contributed by atoms with Crippen molar-refractivity contribution in [2.75, 3.05) is 13.1 Å². The summed E-state index contributed by atoms with van der Waals surface area (Å²) in [6.07, 6.45) is 0.292. The highest BCUT2D eigenvalue weighted by Gasteiger charge is 2.33. The fraction of sp³-hybridized carbons (Fsp3) is 0.800. The third kappa shape index (κ3) is 1.40. The first-order valence-corrected chi connectivity index (χ1v) is 2.90. The zero-order valence-electron chi connectivity index (χ0n) is 5.18. The number of rotatable bonds is 2. The molecule has 0 radical (unpaired) electrons. The third-order valence-corrected chi connectivity index (χ3v) is 1.48. The maximum Gasteiger partial charge on any atom is 0.219 e. The summed E-state index contributed by atoms with van der Waals surface area (Å²) in [5, 5.41) is 2.97. The molecular weight excluding hydrogens is 118 g/mol. The SMILES string of the molecule is NC(=O)CC1(N)CNC1. The Hall–Kier alpha value is -0.610. The van der Waals surface area contributed by atoms with Gasteiger partial charge in [0.05, 0.1) is 0 Å². The van der Waals surface area contributed by atoms with Gasteiger partial charge in [0.2, 0.25) is 5.91 Å². The normalized spacial score (nSPS) is 22.8. The van der Waals surface area contributed by atoms with Crippen molar-refractivity contribution in [2.45, 2.75) is 12.0 Å². The average molecular weight is 129 g/mol. The molecule has 52 valence electrons. The van der Waals surface area contributed by atoms with Crippen LogP contribution in [0.15, 0.2) is 0 Å². The molecule has 0 saturated carbocycles. The molecule has 4 nitrogen and oxygen atoms in total. The Kier molecular flexibility index (Phi) is 1.42. The molecule has 9 heavy (non-hydrogen) atoms. The van der Waals surface area contributed by atoms with Gasteiger partial charge in [-0.25, -0.2) is 0 Å². The molecule has 1 rings (SSSR count). The highest BCUT2D eigenvalue weighted by molar-refractivity contribution is 5.75. The quantitative estimate of drug-likeness (QED) is 0.410. The second kappa shape index (κ2) is 1.97. The van der Waals surface area contributed by atoms with Gasteiger partial charge in [-0.3, -0.25) is 4.79 Å². The number of carbonyl (C=O) groups excluding carboxylic acids is 1. The van der Waals surface area contributed by atoms with Gasteiger partial charge in [-0.15, -0.1) is 0 Å². The number of primary amides is 1. The van der Waals surface area contributed by atoms with Crippen LogP contribution in [-0.4, -0.2) is 24.5 Å². The Morgan fingerprint density at radius 3 is 2.33 bits per heavy atom. The first-order chi connectivity index (χ1) is 4.12. The summed E-state index contributed by atoms with van der Waals surface area (Å²) < 4.78 is 0. The first-order valence-electron chi connectivity index (χ1n) is 2.90. The molecule has 0 unspecified atom stereocenters. The van der Waals surface area contributed by atoms with E-state index in [4.69, 9.17) is 11.5 Å². The van der Waals surface area contributed by atoms with Crippen molar-refractivity contribution in [3.63, 3.8) is 0 Å². The Labute approximate surface area is 53.6 Å². The van der Waals surface area contributed by atoms with E-state index in [-0.39, 0.29) is 11.4 Å². The average Bonchev–Trinajstić information content (AvgIpc) is 1.60. The van der Waals surface area contributed by atoms with E-state index in [0.717, 1.165) is 0 Å². The van der Waals surface area contributed by atoms with E-state index in [1.165, 1.54) is 0 Å². The molecule has 0 aromatic rings. The van der Waals surface area contributed by atoms with Crippen LogP contribution in [0.2, 0.25) is 0 Å². The Morgan fingerprint density at radius 2 is 2.22 bits per heavy atom. The van der Waals surface area contributed by atoms with Crippen LogP contribution in [0.25, 0.3) is 0 Å². The van der Waals surface area contributed by atoms with E-state index in [9.17, 15) is 4.79 Å². The monoisotopic (exact) mass is 129 g/mol. The largest absolute Gasteiger partial charge is 0.370 e. The zero-order valence-corrected chi connectivity index (χ0v) is 5.18. The summed E-state index contributed by atoms with van der Waals surface area (Å²) in [7, 11) is 0. The summed E-state index contributed by atoms with van der Waals surface area (Å²) >= 11 is 0. The summed E-state index contributed by atoms with van der Waals surface area (Å²) in [4.78, 5) is 10.3. The van der Waals surface area contributed by atoms with Crippen molar-refractivity contribution in [3.8, 4) is 0 Å². The van der Waals surface area contributed by atoms with E-state index in [0.29, 0.717) is 19.5 Å². The minimum atomic E-state index is -0.341. The predicted molar refractivity (Wildman–Crippen MR) is 33.6 cm³/mol. The van der Waals surface area contributed by atoms with Crippen molar-refractivity contribution >= 4 is 5.91 Å². The lowest BCUT2D eigenvalue weighted by Gasteiger charge is -2.37. The smallest absolute Gasteiger partial charge is 0.219 e. The van der Waals surface area contributed by atoms with Crippen molar-refractivity contribution in [1.29, 1.82) is 0 Å². The molecule has 1 heterocycles. The van der Waals surface area contributed by atoms with Gasteiger partial charge in [-0.05, 0) is 0 Å². The maximum absolute atomic E-state index is 10.3. The highest BCUT2D eigenvalue weighted by atomic mass is 16.1. The van der Waals surface area contributed by atoms with E-state index in [1.807, 2.05) is 0 Å². The Morgan fingerprint density at radius 1 is 1.67 bits per heavy atom. The van der Waals surface area contributed by atoms with Crippen LogP contribution in [0.5, 0.6) is 0 Å². The molecule has 0 spiro atoms. The van der Waals surface area contributed by atoms with Crippen LogP contribution in [-0.2, 0) is 4.79 Å². The van der Waals surface area contributed by atoms with Gasteiger partial charge >= 0.3 is 0 Å². The molecule has 1 aliphatic heterocycles. The third-order valence-electron chi connectivity index (χ3n) is 1.48. The first kappa shape index (κ1) is 6.51. The number of hydrogen-bond acceptors (Lipinski definition) is 3. The topological polar surface area (TPSA) is 81.1 Å². The number of amides is 1. The number of nitrogens with two attached hydrogens (primary N) is 2. The molecule has 0 atom stereocenters. The summed E-state index contributed by atoms with van der Waals surface area (Å²) in [5.41, 5.74) is 10.2. The lowest BCUT2D eigenvalue weighted by Crippen LogP contribution is -2.66. The van der Waals surface area contributed by atoms with Crippen molar-refractivity contribution in [3.05, 3.63) is 0 Å². The van der Waals surface area contributed by atoms with Gasteiger partial charge in [0.1, 0.15) is 0 Å². The number of nitrogens with one attached hydrogen (secondary N) is 1. The predicted octanol–water partition coefficient (Wildman–Crippen LogP) is -1.84. The molecule has 1 aliphatic rings. The van der Waals surface area contributed by atoms with Gasteiger partial charge in [0, 0.05) is 25.0 Å². The van der Waals surface area contributed by atoms with E-state index < -0.39 is 0 Å². The van der Waals surface area contributed by atoms with Gasteiger partial charge in [0.25, 0.3) is 0 Å². The van der Waals surface area contributed by atoms with Gasteiger partial charge < -0.3 is 16.8 Å². The molecular formula is C5H11N3O. The van der Waals surface area contributed by atoms with Crippen molar-refractivity contribution in [1.82, 2.24) is 5.32 Å². The molecule has 1 saturated heterocycles. The summed E-state index contributed by atoms with van der Waals surface area (Å²) in [6, 6.07) is 0. The van der Waals surface area contributed by atoms with Gasteiger partial charge in [-0.1, -0.05) is 0 Å². The second-order valence-corrected chi connectivity index (χ2v) is 2.61. The fourth-order valence-corrected chi connectivity index (χ4v) is 0.918. The minimum Gasteiger partial charge on any atom is -0.370 e. The van der Waals surface area contributed by atoms with E-state index in [1.54, 1.807) is 0 Å². The number of carbonyl (C=O) groups is 1. The number of hydrogen-bond donors (Lipinski definition) is 3. The van der Waals surface area contributed by atoms with E-state index in [2.05, 4.69) is 5.32 Å². The van der Waals surface area contributed by atoms with E-state index >= 15 is 0 Å². The minimum absolute atomic E-state index is 0.292. The lowest BCUT2D eigenvalue weighted by molar-refractivity contribution is -0.119. The van der Waals surface area contributed by atoms with Crippen LogP contribution >= 0.6 is 0 Å². The van der Waals surface area contributed by atoms with Crippen LogP contribution in [0.3, 0.4) is 0 Å². The molecule has 0 aromatic carbocycles. The second-order valence-electron chi connectivity index (χ2n) is 2.61. The molecule has 0 aliphatic carbocycles. The van der Waals surface area contributed by atoms with Crippen molar-refractivity contribution < 1.29 is 4.79 Å². The van der Waals surface area contributed by atoms with Crippen molar-refractivity contribution in [2.24, 2.45) is 11.5 Å². The molecule has 1 fully saturated rings. The molecule has 4 heteroatoms. The van der Waals surface area contributed by atoms with Crippen LogP contribution in [0, 0.1) is 0 Å². The van der Waals surface area contributed by atoms with Crippen LogP contribution in [0.1, 0.15) is 6.42 Å². The summed E-state index contributed by atoms with van der Waals surface area (Å²) in [6.45, 7) is 1.41. The fourth-order valence-electron chi connectivity index (χ4n) is 0.918. The highest BCUT2D eigenvalue weighted by Crippen LogP contribution is 2.10. The molecule has 0 bridgehead atoms. The molecule has 0 aromatic heterocycles. The Balaban J connectivity index is 2.33. The molecule has 1 amide bonds. The molecule has 5 N–H and O–H groups in total. The maximum atomic E-state index is 10.3. The summed E-state index contributed by atoms with van der Waals surface area (Å²) in [5.74, 6) is -0.320.